The quantitative estimate of drug-likeness (QED) is 0.199. The van der Waals surface area contributed by atoms with Crippen LogP contribution in [0.1, 0.15) is 93.9 Å². The third-order valence-corrected chi connectivity index (χ3v) is 11.7. The minimum absolute atomic E-state index is 0.279. The fourth-order valence-electron chi connectivity index (χ4n) is 3.25. The topological polar surface area (TPSA) is 0 Å². The Hall–Kier alpha value is 0.860. The first-order valence-corrected chi connectivity index (χ1v) is 14.3. The highest BCUT2D eigenvalue weighted by molar-refractivity contribution is 7.62. The van der Waals surface area contributed by atoms with Gasteiger partial charge in [0.2, 0.25) is 0 Å². The summed E-state index contributed by atoms with van der Waals surface area (Å²) in [7, 11) is 0.559. The molecule has 0 rings (SSSR count). The second-order valence-corrected chi connectivity index (χ2v) is 15.2. The number of hydrogen-bond donors (Lipinski definition) is 0. The van der Waals surface area contributed by atoms with Crippen molar-refractivity contribution in [3.63, 3.8) is 0 Å². The Balaban J connectivity index is 4.15. The molecule has 0 bridgehead atoms. The predicted molar refractivity (Wildman–Crippen MR) is 121 cm³/mol. The molecular formula is C22H48P2. The molecule has 0 aliphatic carbocycles. The molecule has 0 nitrogen and oxygen atoms in total. The molecule has 0 heterocycles. The SMILES string of the molecule is CC(C)CCCCP(CCP(CCCCC(C)C)C(C)C)C(C)C. The van der Waals surface area contributed by atoms with Gasteiger partial charge in [0, 0.05) is 0 Å². The average Bonchev–Trinajstić information content (AvgIpc) is 2.46. The van der Waals surface area contributed by atoms with Crippen molar-refractivity contribution < 1.29 is 0 Å². The highest BCUT2D eigenvalue weighted by Gasteiger charge is 2.17. The standard InChI is InChI=1S/C22H48P2/c1-19(2)13-9-11-15-23(21(5)6)17-18-24(22(7)8)16-12-10-14-20(3)4/h19-22H,9-18H2,1-8H3. The molecule has 0 aromatic carbocycles. The summed E-state index contributed by atoms with van der Waals surface area (Å²) in [6.45, 7) is 19.4. The van der Waals surface area contributed by atoms with Gasteiger partial charge in [-0.05, 0) is 60.6 Å². The van der Waals surface area contributed by atoms with Gasteiger partial charge in [-0.1, -0.05) is 81.1 Å². The van der Waals surface area contributed by atoms with Crippen molar-refractivity contribution in [2.45, 2.75) is 105 Å². The summed E-state index contributed by atoms with van der Waals surface area (Å²) in [6.07, 6.45) is 14.9. The van der Waals surface area contributed by atoms with E-state index in [2.05, 4.69) is 55.4 Å². The van der Waals surface area contributed by atoms with E-state index in [1.165, 1.54) is 50.8 Å². The molecular weight excluding hydrogens is 326 g/mol. The zero-order valence-corrected chi connectivity index (χ0v) is 20.1. The third-order valence-electron chi connectivity index (χ3n) is 5.09. The number of rotatable bonds is 15. The fourth-order valence-corrected chi connectivity index (χ4v) is 9.08. The van der Waals surface area contributed by atoms with Gasteiger partial charge in [0.25, 0.3) is 0 Å². The van der Waals surface area contributed by atoms with E-state index in [-0.39, 0.29) is 15.8 Å². The molecule has 24 heavy (non-hydrogen) atoms. The minimum atomic E-state index is 0.279. The minimum Gasteiger partial charge on any atom is -0.104 e. The van der Waals surface area contributed by atoms with Crippen LogP contribution in [0.5, 0.6) is 0 Å². The largest absolute Gasteiger partial charge is 0.104 e. The van der Waals surface area contributed by atoms with Crippen LogP contribution in [0.2, 0.25) is 0 Å². The molecule has 2 unspecified atom stereocenters. The maximum atomic E-state index is 2.48. The van der Waals surface area contributed by atoms with Crippen LogP contribution >= 0.6 is 15.8 Å². The lowest BCUT2D eigenvalue weighted by atomic mass is 10.1. The van der Waals surface area contributed by atoms with Crippen molar-refractivity contribution in [3.8, 4) is 0 Å². The van der Waals surface area contributed by atoms with Gasteiger partial charge in [-0.3, -0.25) is 0 Å². The number of hydrogen-bond acceptors (Lipinski definition) is 0. The van der Waals surface area contributed by atoms with E-state index in [1.54, 1.807) is 12.3 Å². The van der Waals surface area contributed by atoms with Crippen LogP contribution < -0.4 is 0 Å². The van der Waals surface area contributed by atoms with E-state index >= 15 is 0 Å². The molecule has 0 aromatic rings. The van der Waals surface area contributed by atoms with Crippen molar-refractivity contribution in [1.29, 1.82) is 0 Å². The number of unbranched alkanes of at least 4 members (excludes halogenated alkanes) is 2. The van der Waals surface area contributed by atoms with Gasteiger partial charge in [0.1, 0.15) is 0 Å². The zero-order valence-electron chi connectivity index (χ0n) is 18.3. The van der Waals surface area contributed by atoms with Gasteiger partial charge in [-0.15, -0.1) is 15.8 Å². The Kier molecular flexibility index (Phi) is 15.5. The van der Waals surface area contributed by atoms with E-state index in [1.807, 2.05) is 0 Å². The second-order valence-electron chi connectivity index (χ2n) is 9.04. The normalized spacial score (nSPS) is 15.0. The predicted octanol–water partition coefficient (Wildman–Crippen LogP) is 8.42. The van der Waals surface area contributed by atoms with Crippen molar-refractivity contribution in [2.75, 3.05) is 24.6 Å². The molecule has 0 saturated heterocycles. The van der Waals surface area contributed by atoms with E-state index in [9.17, 15) is 0 Å². The lowest BCUT2D eigenvalue weighted by molar-refractivity contribution is 0.550. The highest BCUT2D eigenvalue weighted by Crippen LogP contribution is 2.49. The van der Waals surface area contributed by atoms with E-state index in [4.69, 9.17) is 0 Å². The summed E-state index contributed by atoms with van der Waals surface area (Å²) >= 11 is 0. The second kappa shape index (κ2) is 15.0. The summed E-state index contributed by atoms with van der Waals surface area (Å²) < 4.78 is 0. The molecule has 0 aliphatic heterocycles. The first-order chi connectivity index (χ1) is 11.2. The first kappa shape index (κ1) is 24.9. The summed E-state index contributed by atoms with van der Waals surface area (Å²) in [5.74, 6) is 1.77. The van der Waals surface area contributed by atoms with Crippen LogP contribution in [0.15, 0.2) is 0 Å². The molecule has 0 aromatic heterocycles. The molecule has 2 heteroatoms. The Labute approximate surface area is 157 Å². The van der Waals surface area contributed by atoms with Crippen LogP contribution in [0.3, 0.4) is 0 Å². The molecule has 0 aliphatic rings. The highest BCUT2D eigenvalue weighted by atomic mass is 31.1. The van der Waals surface area contributed by atoms with E-state index in [0.717, 1.165) is 23.2 Å². The lowest BCUT2D eigenvalue weighted by Crippen LogP contribution is -2.09. The molecule has 0 amide bonds. The monoisotopic (exact) mass is 374 g/mol. The molecule has 0 radical (unpaired) electrons. The molecule has 0 spiro atoms. The lowest BCUT2D eigenvalue weighted by Gasteiger charge is -2.27. The maximum absolute atomic E-state index is 2.48. The van der Waals surface area contributed by atoms with Crippen molar-refractivity contribution >= 4 is 15.8 Å². The van der Waals surface area contributed by atoms with Gasteiger partial charge < -0.3 is 0 Å². The third kappa shape index (κ3) is 14.1. The molecule has 0 fully saturated rings. The Morgan fingerprint density at radius 3 is 1.04 bits per heavy atom. The van der Waals surface area contributed by atoms with Gasteiger partial charge in [-0.2, -0.15) is 0 Å². The summed E-state index contributed by atoms with van der Waals surface area (Å²) in [5, 5.41) is 0. The maximum Gasteiger partial charge on any atom is -0.0266 e. The van der Waals surface area contributed by atoms with Gasteiger partial charge >= 0.3 is 0 Å². The van der Waals surface area contributed by atoms with Crippen molar-refractivity contribution in [3.05, 3.63) is 0 Å². The zero-order chi connectivity index (χ0) is 18.5. The van der Waals surface area contributed by atoms with Crippen LogP contribution in [0.25, 0.3) is 0 Å². The first-order valence-electron chi connectivity index (χ1n) is 10.7. The van der Waals surface area contributed by atoms with Gasteiger partial charge in [-0.25, -0.2) is 0 Å². The molecule has 146 valence electrons. The summed E-state index contributed by atoms with van der Waals surface area (Å²) in [4.78, 5) is 0. The van der Waals surface area contributed by atoms with Crippen LogP contribution in [-0.2, 0) is 0 Å². The van der Waals surface area contributed by atoms with Crippen molar-refractivity contribution in [1.82, 2.24) is 0 Å². The van der Waals surface area contributed by atoms with Crippen LogP contribution in [0.4, 0.5) is 0 Å². The Bertz CT molecular complexity index is 243. The summed E-state index contributed by atoms with van der Waals surface area (Å²) in [5.41, 5.74) is 1.87. The van der Waals surface area contributed by atoms with Crippen molar-refractivity contribution in [2.24, 2.45) is 11.8 Å². The molecule has 2 atom stereocenters. The molecule has 0 N–H and O–H groups in total. The smallest absolute Gasteiger partial charge is 0.0266 e. The van der Waals surface area contributed by atoms with Gasteiger partial charge in [0.15, 0.2) is 0 Å². The van der Waals surface area contributed by atoms with Gasteiger partial charge in [0.05, 0.1) is 0 Å². The average molecular weight is 375 g/mol. The Morgan fingerprint density at radius 2 is 0.792 bits per heavy atom. The fraction of sp³-hybridized carbons (Fsp3) is 1.00. The van der Waals surface area contributed by atoms with Crippen LogP contribution in [0, 0.1) is 11.8 Å². The molecule has 0 saturated carbocycles. The van der Waals surface area contributed by atoms with E-state index < -0.39 is 0 Å². The van der Waals surface area contributed by atoms with E-state index in [0.29, 0.717) is 0 Å². The Morgan fingerprint density at radius 1 is 0.458 bits per heavy atom. The van der Waals surface area contributed by atoms with Crippen LogP contribution in [-0.4, -0.2) is 36.0 Å². The summed E-state index contributed by atoms with van der Waals surface area (Å²) in [6, 6.07) is 0.